The van der Waals surface area contributed by atoms with E-state index in [1.807, 2.05) is 0 Å². The number of carbonyl (C=O) groups excluding carboxylic acids is 2. The Morgan fingerprint density at radius 3 is 2.74 bits per heavy atom. The molecule has 0 bridgehead atoms. The quantitative estimate of drug-likeness (QED) is 0.769. The SMILES string of the molecule is COc1ccc(C(=O)N2CCCC2C(N)=O)cc1N. The van der Waals surface area contributed by atoms with Gasteiger partial charge in [-0.15, -0.1) is 0 Å². The Morgan fingerprint density at radius 2 is 2.16 bits per heavy atom. The van der Waals surface area contributed by atoms with Crippen LogP contribution < -0.4 is 16.2 Å². The van der Waals surface area contributed by atoms with Crippen LogP contribution in [0.25, 0.3) is 0 Å². The molecule has 0 aliphatic carbocycles. The van der Waals surface area contributed by atoms with E-state index < -0.39 is 11.9 Å². The maximum atomic E-state index is 12.3. The largest absolute Gasteiger partial charge is 0.495 e. The van der Waals surface area contributed by atoms with Gasteiger partial charge in [0.1, 0.15) is 11.8 Å². The highest BCUT2D eigenvalue weighted by molar-refractivity contribution is 5.98. The van der Waals surface area contributed by atoms with Crippen LogP contribution in [-0.2, 0) is 4.79 Å². The number of ether oxygens (including phenoxy) is 1. The molecule has 1 saturated heterocycles. The van der Waals surface area contributed by atoms with E-state index in [1.165, 1.54) is 12.0 Å². The van der Waals surface area contributed by atoms with E-state index in [9.17, 15) is 9.59 Å². The fraction of sp³-hybridized carbons (Fsp3) is 0.385. The zero-order valence-electron chi connectivity index (χ0n) is 10.8. The lowest BCUT2D eigenvalue weighted by Crippen LogP contribution is -2.43. The second-order valence-electron chi connectivity index (χ2n) is 4.52. The molecule has 0 aromatic heterocycles. The van der Waals surface area contributed by atoms with Gasteiger partial charge in [0.2, 0.25) is 5.91 Å². The molecule has 19 heavy (non-hydrogen) atoms. The summed E-state index contributed by atoms with van der Waals surface area (Å²) >= 11 is 0. The second kappa shape index (κ2) is 5.17. The minimum Gasteiger partial charge on any atom is -0.495 e. The minimum absolute atomic E-state index is 0.226. The molecule has 0 spiro atoms. The molecule has 102 valence electrons. The van der Waals surface area contributed by atoms with E-state index in [0.717, 1.165) is 6.42 Å². The topological polar surface area (TPSA) is 98.6 Å². The summed E-state index contributed by atoms with van der Waals surface area (Å²) in [5, 5.41) is 0. The van der Waals surface area contributed by atoms with Crippen LogP contribution >= 0.6 is 0 Å². The van der Waals surface area contributed by atoms with Gasteiger partial charge in [0, 0.05) is 12.1 Å². The molecule has 1 unspecified atom stereocenters. The maximum Gasteiger partial charge on any atom is 0.254 e. The van der Waals surface area contributed by atoms with Gasteiger partial charge in [0.05, 0.1) is 12.8 Å². The van der Waals surface area contributed by atoms with E-state index in [0.29, 0.717) is 30.0 Å². The molecule has 0 saturated carbocycles. The van der Waals surface area contributed by atoms with Crippen LogP contribution in [0.15, 0.2) is 18.2 Å². The summed E-state index contributed by atoms with van der Waals surface area (Å²) in [6.07, 6.45) is 1.40. The number of hydrogen-bond donors (Lipinski definition) is 2. The molecule has 2 amide bonds. The number of methoxy groups -OCH3 is 1. The molecule has 4 N–H and O–H groups in total. The summed E-state index contributed by atoms with van der Waals surface area (Å²) < 4.78 is 5.04. The van der Waals surface area contributed by atoms with Gasteiger partial charge in [-0.3, -0.25) is 9.59 Å². The van der Waals surface area contributed by atoms with Gasteiger partial charge in [-0.05, 0) is 31.0 Å². The number of hydrogen-bond acceptors (Lipinski definition) is 4. The first kappa shape index (κ1) is 13.2. The Balaban J connectivity index is 2.24. The molecule has 1 atom stereocenters. The number of carbonyl (C=O) groups is 2. The molecule has 1 aromatic carbocycles. The Morgan fingerprint density at radius 1 is 1.42 bits per heavy atom. The van der Waals surface area contributed by atoms with E-state index >= 15 is 0 Å². The second-order valence-corrected chi connectivity index (χ2v) is 4.52. The van der Waals surface area contributed by atoms with Crippen LogP contribution in [0.4, 0.5) is 5.69 Å². The first-order valence-electron chi connectivity index (χ1n) is 6.08. The lowest BCUT2D eigenvalue weighted by Gasteiger charge is -2.22. The predicted octanol–water partition coefficient (Wildman–Crippen LogP) is 0.367. The molecule has 0 radical (unpaired) electrons. The first-order valence-corrected chi connectivity index (χ1v) is 6.08. The summed E-state index contributed by atoms with van der Waals surface area (Å²) in [4.78, 5) is 25.1. The number of primary amides is 1. The van der Waals surface area contributed by atoms with E-state index in [4.69, 9.17) is 16.2 Å². The first-order chi connectivity index (χ1) is 9.04. The van der Waals surface area contributed by atoms with Crippen molar-refractivity contribution in [3.8, 4) is 5.75 Å². The third-order valence-corrected chi connectivity index (χ3v) is 3.32. The molecule has 1 fully saturated rings. The van der Waals surface area contributed by atoms with Crippen molar-refractivity contribution in [1.29, 1.82) is 0 Å². The van der Waals surface area contributed by atoms with Gasteiger partial charge < -0.3 is 21.1 Å². The summed E-state index contributed by atoms with van der Waals surface area (Å²) in [6.45, 7) is 0.540. The molecule has 1 heterocycles. The Kier molecular flexibility index (Phi) is 3.59. The van der Waals surface area contributed by atoms with Crippen molar-refractivity contribution in [3.05, 3.63) is 23.8 Å². The molecule has 6 nitrogen and oxygen atoms in total. The monoisotopic (exact) mass is 263 g/mol. The van der Waals surface area contributed by atoms with Crippen molar-refractivity contribution in [1.82, 2.24) is 4.90 Å². The van der Waals surface area contributed by atoms with Gasteiger partial charge >= 0.3 is 0 Å². The Bertz CT molecular complexity index is 516. The van der Waals surface area contributed by atoms with Crippen molar-refractivity contribution in [3.63, 3.8) is 0 Å². The van der Waals surface area contributed by atoms with E-state index in [2.05, 4.69) is 0 Å². The third kappa shape index (κ3) is 2.47. The molecular weight excluding hydrogens is 246 g/mol. The molecule has 1 aliphatic heterocycles. The molecule has 6 heteroatoms. The highest BCUT2D eigenvalue weighted by atomic mass is 16.5. The number of nitrogens with two attached hydrogens (primary N) is 2. The van der Waals surface area contributed by atoms with Crippen LogP contribution in [-0.4, -0.2) is 36.4 Å². The summed E-state index contributed by atoms with van der Waals surface area (Å²) in [5.41, 5.74) is 11.9. The normalized spacial score (nSPS) is 18.4. The number of nitrogens with zero attached hydrogens (tertiary/aromatic N) is 1. The van der Waals surface area contributed by atoms with Gasteiger partial charge in [0.15, 0.2) is 0 Å². The zero-order valence-corrected chi connectivity index (χ0v) is 10.8. The highest BCUT2D eigenvalue weighted by Crippen LogP contribution is 2.25. The molecule has 1 aliphatic rings. The lowest BCUT2D eigenvalue weighted by molar-refractivity contribution is -0.121. The predicted molar refractivity (Wildman–Crippen MR) is 70.7 cm³/mol. The van der Waals surface area contributed by atoms with Crippen LogP contribution in [0.2, 0.25) is 0 Å². The zero-order chi connectivity index (χ0) is 14.0. The standard InChI is InChI=1S/C13H17N3O3/c1-19-11-5-4-8(7-9(11)14)13(18)16-6-2-3-10(16)12(15)17/h4-5,7,10H,2-3,6,14H2,1H3,(H2,15,17). The third-order valence-electron chi connectivity index (χ3n) is 3.32. The number of likely N-dealkylation sites (tertiary alicyclic amines) is 1. The fourth-order valence-corrected chi connectivity index (χ4v) is 2.34. The Hall–Kier alpha value is -2.24. The summed E-state index contributed by atoms with van der Waals surface area (Å²) in [6, 6.07) is 4.31. The van der Waals surface area contributed by atoms with Crippen molar-refractivity contribution in [2.24, 2.45) is 5.73 Å². The van der Waals surface area contributed by atoms with Crippen molar-refractivity contribution in [2.45, 2.75) is 18.9 Å². The average molecular weight is 263 g/mol. The molecule has 1 aromatic rings. The van der Waals surface area contributed by atoms with Crippen LogP contribution in [0.3, 0.4) is 0 Å². The van der Waals surface area contributed by atoms with Crippen LogP contribution in [0, 0.1) is 0 Å². The van der Waals surface area contributed by atoms with Crippen molar-refractivity contribution >= 4 is 17.5 Å². The number of amides is 2. The Labute approximate surface area is 111 Å². The summed E-state index contributed by atoms with van der Waals surface area (Å²) in [7, 11) is 1.51. The van der Waals surface area contributed by atoms with Gasteiger partial charge in [0.25, 0.3) is 5.91 Å². The van der Waals surface area contributed by atoms with E-state index in [-0.39, 0.29) is 5.91 Å². The van der Waals surface area contributed by atoms with Gasteiger partial charge in [-0.1, -0.05) is 0 Å². The van der Waals surface area contributed by atoms with E-state index in [1.54, 1.807) is 18.2 Å². The molecular formula is C13H17N3O3. The van der Waals surface area contributed by atoms with Crippen molar-refractivity contribution in [2.75, 3.05) is 19.4 Å². The number of rotatable bonds is 3. The van der Waals surface area contributed by atoms with Crippen LogP contribution in [0.5, 0.6) is 5.75 Å². The highest BCUT2D eigenvalue weighted by Gasteiger charge is 2.33. The maximum absolute atomic E-state index is 12.3. The smallest absolute Gasteiger partial charge is 0.254 e. The minimum atomic E-state index is -0.518. The van der Waals surface area contributed by atoms with Crippen LogP contribution in [0.1, 0.15) is 23.2 Å². The molecule has 2 rings (SSSR count). The average Bonchev–Trinajstić information content (AvgIpc) is 2.87. The van der Waals surface area contributed by atoms with Crippen molar-refractivity contribution < 1.29 is 14.3 Å². The number of nitrogen functional groups attached to an aromatic ring is 1. The van der Waals surface area contributed by atoms with Gasteiger partial charge in [-0.25, -0.2) is 0 Å². The lowest BCUT2D eigenvalue weighted by atomic mass is 10.1. The summed E-state index contributed by atoms with van der Waals surface area (Å²) in [5.74, 6) is -0.174. The fourth-order valence-electron chi connectivity index (χ4n) is 2.34. The number of benzene rings is 1. The number of anilines is 1. The van der Waals surface area contributed by atoms with Gasteiger partial charge in [-0.2, -0.15) is 0 Å².